The molecule has 1 saturated heterocycles. The third kappa shape index (κ3) is 2.96. The zero-order valence-electron chi connectivity index (χ0n) is 11.4. The van der Waals surface area contributed by atoms with Gasteiger partial charge in [-0.25, -0.2) is 9.97 Å². The van der Waals surface area contributed by atoms with Crippen molar-refractivity contribution in [2.75, 3.05) is 18.0 Å². The highest BCUT2D eigenvalue weighted by Crippen LogP contribution is 2.34. The second-order valence-electron chi connectivity index (χ2n) is 6.19. The fraction of sp³-hybridized carbons (Fsp3) is 0.714. The first kappa shape index (κ1) is 12.3. The third-order valence-electron chi connectivity index (χ3n) is 3.77. The van der Waals surface area contributed by atoms with Crippen molar-refractivity contribution in [3.63, 3.8) is 0 Å². The van der Waals surface area contributed by atoms with Crippen LogP contribution in [0.25, 0.3) is 0 Å². The van der Waals surface area contributed by atoms with E-state index in [2.05, 4.69) is 35.6 Å². The van der Waals surface area contributed by atoms with Crippen LogP contribution in [0.4, 0.5) is 5.95 Å². The molecule has 1 aliphatic heterocycles. The highest BCUT2D eigenvalue weighted by atomic mass is 15.2. The molecule has 0 spiro atoms. The number of rotatable bonds is 1. The second kappa shape index (κ2) is 4.63. The van der Waals surface area contributed by atoms with Crippen molar-refractivity contribution in [3.05, 3.63) is 18.0 Å². The Morgan fingerprint density at radius 1 is 1.12 bits per heavy atom. The predicted octanol–water partition coefficient (Wildman–Crippen LogP) is 3.05. The van der Waals surface area contributed by atoms with E-state index in [-0.39, 0.29) is 0 Å². The van der Waals surface area contributed by atoms with Crippen LogP contribution < -0.4 is 4.90 Å². The van der Waals surface area contributed by atoms with Crippen LogP contribution in [-0.4, -0.2) is 23.1 Å². The fourth-order valence-electron chi connectivity index (χ4n) is 2.49. The molecule has 0 aromatic carbocycles. The number of piperidine rings is 1. The zero-order chi connectivity index (χ0) is 12.5. The second-order valence-corrected chi connectivity index (χ2v) is 6.19. The quantitative estimate of drug-likeness (QED) is 0.746. The molecule has 0 aliphatic carbocycles. The molecule has 2 heterocycles. The lowest BCUT2D eigenvalue weighted by atomic mass is 9.75. The largest absolute Gasteiger partial charge is 0.341 e. The standard InChI is InChI=1S/C14H23N3/c1-11-9-15-13(16-10-11)17-7-5-12(6-8-17)14(2,3)4/h9-10,12H,5-8H2,1-4H3. The monoisotopic (exact) mass is 233 g/mol. The van der Waals surface area contributed by atoms with E-state index >= 15 is 0 Å². The number of aromatic nitrogens is 2. The lowest BCUT2D eigenvalue weighted by molar-refractivity contribution is 0.198. The lowest BCUT2D eigenvalue weighted by Gasteiger charge is -2.38. The van der Waals surface area contributed by atoms with Gasteiger partial charge >= 0.3 is 0 Å². The van der Waals surface area contributed by atoms with Gasteiger partial charge in [0.2, 0.25) is 5.95 Å². The predicted molar refractivity (Wildman–Crippen MR) is 71.2 cm³/mol. The Labute approximate surface area is 104 Å². The summed E-state index contributed by atoms with van der Waals surface area (Å²) in [7, 11) is 0. The molecule has 0 radical (unpaired) electrons. The average Bonchev–Trinajstić information content (AvgIpc) is 2.29. The van der Waals surface area contributed by atoms with Crippen molar-refractivity contribution in [2.45, 2.75) is 40.5 Å². The van der Waals surface area contributed by atoms with Crippen LogP contribution in [0.5, 0.6) is 0 Å². The summed E-state index contributed by atoms with van der Waals surface area (Å²) in [6.07, 6.45) is 6.30. The average molecular weight is 233 g/mol. The molecule has 0 atom stereocenters. The van der Waals surface area contributed by atoms with E-state index in [1.165, 1.54) is 12.8 Å². The number of nitrogens with zero attached hydrogens (tertiary/aromatic N) is 3. The molecule has 3 nitrogen and oxygen atoms in total. The maximum Gasteiger partial charge on any atom is 0.225 e. The first-order valence-corrected chi connectivity index (χ1v) is 6.50. The van der Waals surface area contributed by atoms with E-state index in [0.29, 0.717) is 5.41 Å². The maximum absolute atomic E-state index is 4.40. The summed E-state index contributed by atoms with van der Waals surface area (Å²) in [6, 6.07) is 0. The van der Waals surface area contributed by atoms with E-state index in [1.807, 2.05) is 19.3 Å². The molecule has 0 amide bonds. The molecular weight excluding hydrogens is 210 g/mol. The van der Waals surface area contributed by atoms with Gasteiger partial charge in [0.1, 0.15) is 0 Å². The minimum atomic E-state index is 0.431. The highest BCUT2D eigenvalue weighted by Gasteiger charge is 2.29. The number of hydrogen-bond acceptors (Lipinski definition) is 3. The Bertz CT molecular complexity index is 356. The zero-order valence-corrected chi connectivity index (χ0v) is 11.4. The molecule has 94 valence electrons. The van der Waals surface area contributed by atoms with Crippen molar-refractivity contribution in [2.24, 2.45) is 11.3 Å². The van der Waals surface area contributed by atoms with Crippen molar-refractivity contribution in [3.8, 4) is 0 Å². The van der Waals surface area contributed by atoms with Gasteiger partial charge in [-0.15, -0.1) is 0 Å². The first-order valence-electron chi connectivity index (χ1n) is 6.50. The topological polar surface area (TPSA) is 29.0 Å². The molecule has 1 aromatic rings. The van der Waals surface area contributed by atoms with E-state index in [4.69, 9.17) is 0 Å². The lowest BCUT2D eigenvalue weighted by Crippen LogP contribution is -2.38. The van der Waals surface area contributed by atoms with E-state index in [0.717, 1.165) is 30.5 Å². The van der Waals surface area contributed by atoms with Gasteiger partial charge in [0.05, 0.1) is 0 Å². The fourth-order valence-corrected chi connectivity index (χ4v) is 2.49. The van der Waals surface area contributed by atoms with Crippen LogP contribution in [0.2, 0.25) is 0 Å². The molecule has 1 aromatic heterocycles. The summed E-state index contributed by atoms with van der Waals surface area (Å²) in [6.45, 7) is 11.2. The molecule has 0 unspecified atom stereocenters. The van der Waals surface area contributed by atoms with Gasteiger partial charge in [-0.1, -0.05) is 20.8 Å². The molecule has 0 N–H and O–H groups in total. The number of anilines is 1. The van der Waals surface area contributed by atoms with E-state index < -0.39 is 0 Å². The highest BCUT2D eigenvalue weighted by molar-refractivity contribution is 5.30. The van der Waals surface area contributed by atoms with Gasteiger partial charge in [-0.05, 0) is 36.7 Å². The van der Waals surface area contributed by atoms with Gasteiger partial charge in [0.15, 0.2) is 0 Å². The smallest absolute Gasteiger partial charge is 0.225 e. The molecule has 3 heteroatoms. The van der Waals surface area contributed by atoms with Gasteiger partial charge < -0.3 is 4.90 Å². The van der Waals surface area contributed by atoms with Crippen LogP contribution in [-0.2, 0) is 0 Å². The Balaban J connectivity index is 1.97. The Morgan fingerprint density at radius 3 is 2.12 bits per heavy atom. The third-order valence-corrected chi connectivity index (χ3v) is 3.77. The number of hydrogen-bond donors (Lipinski definition) is 0. The summed E-state index contributed by atoms with van der Waals surface area (Å²) in [5.41, 5.74) is 1.55. The summed E-state index contributed by atoms with van der Waals surface area (Å²) < 4.78 is 0. The van der Waals surface area contributed by atoms with Crippen LogP contribution in [0.15, 0.2) is 12.4 Å². The molecule has 17 heavy (non-hydrogen) atoms. The number of aryl methyl sites for hydroxylation is 1. The molecule has 0 saturated carbocycles. The summed E-state index contributed by atoms with van der Waals surface area (Å²) in [4.78, 5) is 11.1. The van der Waals surface area contributed by atoms with Gasteiger partial charge in [-0.2, -0.15) is 0 Å². The van der Waals surface area contributed by atoms with E-state index in [1.54, 1.807) is 0 Å². The minimum Gasteiger partial charge on any atom is -0.341 e. The summed E-state index contributed by atoms with van der Waals surface area (Å²) in [5, 5.41) is 0. The molecule has 1 fully saturated rings. The van der Waals surface area contributed by atoms with Crippen LogP contribution >= 0.6 is 0 Å². The van der Waals surface area contributed by atoms with Gasteiger partial charge in [0.25, 0.3) is 0 Å². The summed E-state index contributed by atoms with van der Waals surface area (Å²) >= 11 is 0. The van der Waals surface area contributed by atoms with Crippen LogP contribution in [0, 0.1) is 18.3 Å². The van der Waals surface area contributed by atoms with Crippen LogP contribution in [0.1, 0.15) is 39.2 Å². The SMILES string of the molecule is Cc1cnc(N2CCC(C(C)(C)C)CC2)nc1. The molecule has 2 rings (SSSR count). The Morgan fingerprint density at radius 2 is 1.65 bits per heavy atom. The first-order chi connectivity index (χ1) is 7.97. The minimum absolute atomic E-state index is 0.431. The normalized spacial score (nSPS) is 18.5. The van der Waals surface area contributed by atoms with E-state index in [9.17, 15) is 0 Å². The Kier molecular flexibility index (Phi) is 3.36. The maximum atomic E-state index is 4.40. The molecule has 1 aliphatic rings. The summed E-state index contributed by atoms with van der Waals surface area (Å²) in [5.74, 6) is 1.71. The van der Waals surface area contributed by atoms with Crippen molar-refractivity contribution >= 4 is 5.95 Å². The Hall–Kier alpha value is -1.12. The van der Waals surface area contributed by atoms with Crippen molar-refractivity contribution < 1.29 is 0 Å². The van der Waals surface area contributed by atoms with Crippen molar-refractivity contribution in [1.82, 2.24) is 9.97 Å². The van der Waals surface area contributed by atoms with Crippen LogP contribution in [0.3, 0.4) is 0 Å². The molecule has 0 bridgehead atoms. The molecular formula is C14H23N3. The van der Waals surface area contributed by atoms with Crippen molar-refractivity contribution in [1.29, 1.82) is 0 Å². The van der Waals surface area contributed by atoms with Gasteiger partial charge in [0, 0.05) is 25.5 Å². The van der Waals surface area contributed by atoms with Gasteiger partial charge in [-0.3, -0.25) is 0 Å².